The first-order valence-electron chi connectivity index (χ1n) is 23.5. The topological polar surface area (TPSA) is 22.8 Å². The molecule has 0 amide bonds. The van der Waals surface area contributed by atoms with Crippen LogP contribution in [0.15, 0.2) is 255 Å². The molecule has 0 radical (unpaired) electrons. The molecule has 12 aromatic rings. The molecule has 0 bridgehead atoms. The van der Waals surface area contributed by atoms with Crippen LogP contribution >= 0.6 is 0 Å². The van der Waals surface area contributed by atoms with Crippen molar-refractivity contribution in [3.05, 3.63) is 266 Å². The molecule has 3 aromatic heterocycles. The second-order valence-corrected chi connectivity index (χ2v) is 17.9. The first-order chi connectivity index (χ1) is 33.7. The van der Waals surface area contributed by atoms with Crippen LogP contribution in [0.3, 0.4) is 0 Å². The van der Waals surface area contributed by atoms with Crippen LogP contribution in [0.4, 0.5) is 0 Å². The Morgan fingerprint density at radius 2 is 0.779 bits per heavy atom. The Morgan fingerprint density at radius 3 is 1.40 bits per heavy atom. The normalized spacial score (nSPS) is 13.7. The second-order valence-electron chi connectivity index (χ2n) is 17.9. The van der Waals surface area contributed by atoms with E-state index in [4.69, 9.17) is 4.98 Å². The standard InChI is InChI=1S/C65H45N3/c1-2-17-44(18-3-1)45-19-12-22-48(37-45)53-42-60(51-25-13-20-46(38-51)49-23-15-27-54(40-49)67-62-33-8-4-29-56(62)57-30-5-9-34-63(57)67)66-61(43-53)52-26-14-21-47(39-52)50-24-16-28-55(41-50)68-64-35-10-6-31-58(64)59-32-7-11-36-65(59)68/h1-20,22-43,47H,21H2. The number of hydrogen-bond donors (Lipinski definition) is 0. The lowest BCUT2D eigenvalue weighted by Crippen LogP contribution is -2.03. The van der Waals surface area contributed by atoms with E-state index in [-0.39, 0.29) is 5.92 Å². The Hall–Kier alpha value is -8.79. The Morgan fingerprint density at radius 1 is 0.338 bits per heavy atom. The summed E-state index contributed by atoms with van der Waals surface area (Å²) in [7, 11) is 0. The van der Waals surface area contributed by atoms with Gasteiger partial charge in [-0.2, -0.15) is 0 Å². The minimum atomic E-state index is 0.184. The lowest BCUT2D eigenvalue weighted by Gasteiger charge is -2.20. The Bertz CT molecular complexity index is 3850. The van der Waals surface area contributed by atoms with E-state index in [1.807, 2.05) is 0 Å². The van der Waals surface area contributed by atoms with Gasteiger partial charge in [0.2, 0.25) is 0 Å². The van der Waals surface area contributed by atoms with Gasteiger partial charge in [-0.1, -0.05) is 182 Å². The van der Waals surface area contributed by atoms with Crippen molar-refractivity contribution in [2.24, 2.45) is 0 Å². The Balaban J connectivity index is 0.910. The number of nitrogens with zero attached hydrogens (tertiary/aromatic N) is 3. The summed E-state index contributed by atoms with van der Waals surface area (Å²) in [6, 6.07) is 85.8. The second kappa shape index (κ2) is 16.6. The third-order valence-electron chi connectivity index (χ3n) is 13.8. The highest BCUT2D eigenvalue weighted by Gasteiger charge is 2.19. The third kappa shape index (κ3) is 6.96. The zero-order chi connectivity index (χ0) is 45.0. The summed E-state index contributed by atoms with van der Waals surface area (Å²) in [5.41, 5.74) is 19.5. The van der Waals surface area contributed by atoms with Gasteiger partial charge in [-0.15, -0.1) is 0 Å². The number of para-hydroxylation sites is 4. The molecule has 0 spiro atoms. The quantitative estimate of drug-likeness (QED) is 0.149. The van der Waals surface area contributed by atoms with Gasteiger partial charge in [-0.25, -0.2) is 4.98 Å². The van der Waals surface area contributed by atoms with Crippen molar-refractivity contribution in [2.45, 2.75) is 12.3 Å². The summed E-state index contributed by atoms with van der Waals surface area (Å²) in [6.07, 6.45) is 7.93. The molecule has 3 heterocycles. The summed E-state index contributed by atoms with van der Waals surface area (Å²) in [5.74, 6) is 0.184. The number of aromatic nitrogens is 3. The van der Waals surface area contributed by atoms with Gasteiger partial charge in [0.1, 0.15) is 0 Å². The smallest absolute Gasteiger partial charge is 0.0715 e. The van der Waals surface area contributed by atoms with E-state index in [9.17, 15) is 0 Å². The number of benzene rings is 9. The average molecular weight is 868 g/mol. The minimum absolute atomic E-state index is 0.184. The monoisotopic (exact) mass is 867 g/mol. The molecule has 320 valence electrons. The van der Waals surface area contributed by atoms with Gasteiger partial charge in [0, 0.05) is 44.4 Å². The van der Waals surface area contributed by atoms with Gasteiger partial charge in [0.05, 0.1) is 33.5 Å². The maximum Gasteiger partial charge on any atom is 0.0715 e. The summed E-state index contributed by atoms with van der Waals surface area (Å²) < 4.78 is 4.80. The van der Waals surface area contributed by atoms with E-state index in [0.717, 1.165) is 56.9 Å². The van der Waals surface area contributed by atoms with E-state index in [2.05, 4.69) is 264 Å². The molecule has 1 atom stereocenters. The molecule has 9 aromatic carbocycles. The zero-order valence-corrected chi connectivity index (χ0v) is 37.4. The highest BCUT2D eigenvalue weighted by atomic mass is 15.0. The summed E-state index contributed by atoms with van der Waals surface area (Å²) in [6.45, 7) is 0. The van der Waals surface area contributed by atoms with Gasteiger partial charge < -0.3 is 9.13 Å². The van der Waals surface area contributed by atoms with Crippen molar-refractivity contribution in [3.8, 4) is 56.0 Å². The number of allylic oxidation sites excluding steroid dienone is 4. The zero-order valence-electron chi connectivity index (χ0n) is 37.4. The Kier molecular flexibility index (Phi) is 9.64. The molecule has 3 heteroatoms. The minimum Gasteiger partial charge on any atom is -0.309 e. The van der Waals surface area contributed by atoms with Gasteiger partial charge in [-0.05, 0) is 124 Å². The average Bonchev–Trinajstić information content (AvgIpc) is 3.94. The van der Waals surface area contributed by atoms with Crippen LogP contribution in [-0.2, 0) is 0 Å². The lowest BCUT2D eigenvalue weighted by molar-refractivity contribution is 0.854. The predicted molar refractivity (Wildman–Crippen MR) is 286 cm³/mol. The molecule has 1 aliphatic carbocycles. The third-order valence-corrected chi connectivity index (χ3v) is 13.8. The molecule has 0 aliphatic heterocycles. The van der Waals surface area contributed by atoms with E-state index in [1.165, 1.54) is 66.0 Å². The van der Waals surface area contributed by atoms with Crippen molar-refractivity contribution in [2.75, 3.05) is 0 Å². The first-order valence-corrected chi connectivity index (χ1v) is 23.5. The molecule has 3 nitrogen and oxygen atoms in total. The SMILES string of the molecule is C1=CC(c2cc(-c3cccc(-c4ccccc4)c3)cc(-c3cccc(-c4cccc(-n5c6ccccc6c6ccccc65)c4)c3)n2)=CC(c2cccc(-n3c4ccccc4c4ccccc43)c2)C1. The molecule has 0 saturated heterocycles. The maximum atomic E-state index is 5.52. The van der Waals surface area contributed by atoms with Crippen LogP contribution in [0.2, 0.25) is 0 Å². The van der Waals surface area contributed by atoms with E-state index in [0.29, 0.717) is 0 Å². The molecule has 1 aliphatic rings. The number of pyridine rings is 1. The van der Waals surface area contributed by atoms with Crippen molar-refractivity contribution in [3.63, 3.8) is 0 Å². The van der Waals surface area contributed by atoms with Crippen molar-refractivity contribution in [1.29, 1.82) is 0 Å². The van der Waals surface area contributed by atoms with Crippen molar-refractivity contribution in [1.82, 2.24) is 14.1 Å². The summed E-state index contributed by atoms with van der Waals surface area (Å²) in [5, 5.41) is 5.05. The van der Waals surface area contributed by atoms with E-state index >= 15 is 0 Å². The molecule has 68 heavy (non-hydrogen) atoms. The van der Waals surface area contributed by atoms with Crippen LogP contribution in [0, 0.1) is 0 Å². The molecule has 1 unspecified atom stereocenters. The first kappa shape index (κ1) is 39.6. The molecular formula is C65H45N3. The van der Waals surface area contributed by atoms with Crippen LogP contribution in [0.5, 0.6) is 0 Å². The fraction of sp³-hybridized carbons (Fsp3) is 0.0308. The van der Waals surface area contributed by atoms with E-state index in [1.54, 1.807) is 0 Å². The molecule has 0 fully saturated rings. The van der Waals surface area contributed by atoms with Crippen LogP contribution in [0.25, 0.3) is 105 Å². The summed E-state index contributed by atoms with van der Waals surface area (Å²) in [4.78, 5) is 5.52. The summed E-state index contributed by atoms with van der Waals surface area (Å²) >= 11 is 0. The highest BCUT2D eigenvalue weighted by molar-refractivity contribution is 6.10. The van der Waals surface area contributed by atoms with Crippen LogP contribution in [-0.4, -0.2) is 14.1 Å². The Labute approximate surface area is 395 Å². The molecule has 13 rings (SSSR count). The molecular weight excluding hydrogens is 823 g/mol. The van der Waals surface area contributed by atoms with Crippen molar-refractivity contribution < 1.29 is 0 Å². The largest absolute Gasteiger partial charge is 0.309 e. The van der Waals surface area contributed by atoms with Crippen LogP contribution in [0.1, 0.15) is 23.6 Å². The van der Waals surface area contributed by atoms with Crippen LogP contribution < -0.4 is 0 Å². The van der Waals surface area contributed by atoms with Gasteiger partial charge in [0.25, 0.3) is 0 Å². The number of hydrogen-bond acceptors (Lipinski definition) is 1. The molecule has 0 N–H and O–H groups in total. The fourth-order valence-electron chi connectivity index (χ4n) is 10.6. The maximum absolute atomic E-state index is 5.52. The fourth-order valence-corrected chi connectivity index (χ4v) is 10.6. The lowest BCUT2D eigenvalue weighted by atomic mass is 9.87. The van der Waals surface area contributed by atoms with Crippen molar-refractivity contribution >= 4 is 49.2 Å². The highest BCUT2D eigenvalue weighted by Crippen LogP contribution is 2.39. The van der Waals surface area contributed by atoms with Gasteiger partial charge >= 0.3 is 0 Å². The molecule has 0 saturated carbocycles. The van der Waals surface area contributed by atoms with Gasteiger partial charge in [0.15, 0.2) is 0 Å². The predicted octanol–water partition coefficient (Wildman–Crippen LogP) is 17.1. The van der Waals surface area contributed by atoms with E-state index < -0.39 is 0 Å². The van der Waals surface area contributed by atoms with Gasteiger partial charge in [-0.3, -0.25) is 0 Å². The number of fused-ring (bicyclic) bond motifs is 6. The number of rotatable bonds is 8.